The van der Waals surface area contributed by atoms with Gasteiger partial charge in [-0.15, -0.1) is 0 Å². The minimum atomic E-state index is -4.33. The van der Waals surface area contributed by atoms with E-state index in [1.807, 2.05) is 0 Å². The molecule has 0 atom stereocenters. The molecule has 0 heterocycles. The highest BCUT2D eigenvalue weighted by molar-refractivity contribution is 9.08. The minimum Gasteiger partial charge on any atom is -0.283 e. The van der Waals surface area contributed by atoms with Gasteiger partial charge in [0, 0.05) is 11.8 Å². The zero-order valence-electron chi connectivity index (χ0n) is 9.87. The summed E-state index contributed by atoms with van der Waals surface area (Å²) in [6.45, 7) is 0. The van der Waals surface area contributed by atoms with Gasteiger partial charge in [0.25, 0.3) is 0 Å². The van der Waals surface area contributed by atoms with Crippen LogP contribution >= 0.6 is 15.9 Å². The van der Waals surface area contributed by atoms with E-state index in [-0.39, 0.29) is 0 Å². The first-order chi connectivity index (χ1) is 8.73. The molecule has 1 aromatic rings. The lowest BCUT2D eigenvalue weighted by molar-refractivity contribution is -0.134. The molecule has 1 aromatic carbocycles. The molecule has 108 valence electrons. The molecule has 0 aliphatic heterocycles. The average Bonchev–Trinajstić information content (AvgIpc) is 2.27. The average molecular weight is 360 g/mol. The van der Waals surface area contributed by atoms with Crippen molar-refractivity contribution >= 4 is 31.6 Å². The van der Waals surface area contributed by atoms with E-state index in [0.717, 1.165) is 5.56 Å². The maximum atomic E-state index is 12.0. The smallest absolute Gasteiger partial charge is 0.283 e. The summed E-state index contributed by atoms with van der Waals surface area (Å²) in [5.74, 6) is -0.552. The van der Waals surface area contributed by atoms with Gasteiger partial charge in [0.05, 0.1) is 11.4 Å². The molecule has 19 heavy (non-hydrogen) atoms. The van der Waals surface area contributed by atoms with Gasteiger partial charge in [-0.2, -0.15) is 13.2 Å². The number of rotatable bonds is 6. The van der Waals surface area contributed by atoms with Crippen molar-refractivity contribution < 1.29 is 21.6 Å². The highest BCUT2D eigenvalue weighted by atomic mass is 79.9. The van der Waals surface area contributed by atoms with Gasteiger partial charge < -0.3 is 0 Å². The Kier molecular flexibility index (Phi) is 5.66. The van der Waals surface area contributed by atoms with Crippen LogP contribution in [0.3, 0.4) is 0 Å². The van der Waals surface area contributed by atoms with Crippen LogP contribution < -0.4 is 4.72 Å². The lowest BCUT2D eigenvalue weighted by atomic mass is 10.2. The standard InChI is InChI=1S/C11H13BrF3NO2S/c12-8-9-4-1-2-5-10(9)16-19(17,18)7-3-6-11(13,14)15/h1-2,4-5,16H,3,6-8H2. The zero-order valence-corrected chi connectivity index (χ0v) is 12.3. The molecule has 0 aliphatic rings. The quantitative estimate of drug-likeness (QED) is 0.787. The second kappa shape index (κ2) is 6.60. The molecular formula is C11H13BrF3NO2S. The van der Waals surface area contributed by atoms with E-state index < -0.39 is 34.8 Å². The highest BCUT2D eigenvalue weighted by Gasteiger charge is 2.27. The first kappa shape index (κ1) is 16.3. The van der Waals surface area contributed by atoms with Crippen LogP contribution in [0.5, 0.6) is 0 Å². The SMILES string of the molecule is O=S(=O)(CCCC(F)(F)F)Nc1ccccc1CBr. The Morgan fingerprint density at radius 1 is 1.21 bits per heavy atom. The summed E-state index contributed by atoms with van der Waals surface area (Å²) < 4.78 is 61.5. The monoisotopic (exact) mass is 359 g/mol. The number of para-hydroxylation sites is 1. The van der Waals surface area contributed by atoms with Gasteiger partial charge in [-0.3, -0.25) is 4.72 Å². The number of anilines is 1. The third-order valence-corrected chi connectivity index (χ3v) is 4.26. The number of hydrogen-bond acceptors (Lipinski definition) is 2. The van der Waals surface area contributed by atoms with Crippen molar-refractivity contribution in [3.63, 3.8) is 0 Å². The molecule has 0 saturated carbocycles. The Morgan fingerprint density at radius 2 is 1.84 bits per heavy atom. The third-order valence-electron chi connectivity index (χ3n) is 2.30. The molecule has 0 spiro atoms. The minimum absolute atomic E-state index is 0.381. The second-order valence-corrected chi connectivity index (χ2v) is 6.33. The summed E-state index contributed by atoms with van der Waals surface area (Å²) in [4.78, 5) is 0. The number of sulfonamides is 1. The van der Waals surface area contributed by atoms with Gasteiger partial charge in [-0.25, -0.2) is 8.42 Å². The molecule has 8 heteroatoms. The summed E-state index contributed by atoms with van der Waals surface area (Å²) in [5.41, 5.74) is 1.10. The maximum absolute atomic E-state index is 12.0. The Balaban J connectivity index is 2.64. The molecule has 0 radical (unpaired) electrons. The Labute approximate surface area is 118 Å². The van der Waals surface area contributed by atoms with E-state index in [1.165, 1.54) is 0 Å². The fourth-order valence-electron chi connectivity index (χ4n) is 1.42. The Morgan fingerprint density at radius 3 is 2.42 bits per heavy atom. The van der Waals surface area contributed by atoms with Gasteiger partial charge in [0.2, 0.25) is 10.0 Å². The van der Waals surface area contributed by atoms with E-state index in [2.05, 4.69) is 20.7 Å². The van der Waals surface area contributed by atoms with Crippen molar-refractivity contribution in [1.82, 2.24) is 0 Å². The van der Waals surface area contributed by atoms with Crippen LogP contribution in [0.4, 0.5) is 18.9 Å². The first-order valence-electron chi connectivity index (χ1n) is 5.44. The summed E-state index contributed by atoms with van der Waals surface area (Å²) in [7, 11) is -3.76. The molecule has 0 bridgehead atoms. The van der Waals surface area contributed by atoms with Crippen LogP contribution in [0, 0.1) is 0 Å². The molecule has 0 unspecified atom stereocenters. The van der Waals surface area contributed by atoms with Crippen LogP contribution in [0.15, 0.2) is 24.3 Å². The largest absolute Gasteiger partial charge is 0.389 e. The highest BCUT2D eigenvalue weighted by Crippen LogP contribution is 2.23. The third kappa shape index (κ3) is 6.29. The van der Waals surface area contributed by atoms with Crippen LogP contribution in [0.1, 0.15) is 18.4 Å². The van der Waals surface area contributed by atoms with E-state index >= 15 is 0 Å². The van der Waals surface area contributed by atoms with Gasteiger partial charge in [-0.1, -0.05) is 34.1 Å². The van der Waals surface area contributed by atoms with Gasteiger partial charge >= 0.3 is 6.18 Å². The molecule has 0 aliphatic carbocycles. The van der Waals surface area contributed by atoms with Crippen molar-refractivity contribution in [2.24, 2.45) is 0 Å². The number of alkyl halides is 4. The first-order valence-corrected chi connectivity index (χ1v) is 8.22. The summed E-state index contributed by atoms with van der Waals surface area (Å²) >= 11 is 3.21. The van der Waals surface area contributed by atoms with Gasteiger partial charge in [0.1, 0.15) is 0 Å². The number of halogens is 4. The molecular weight excluding hydrogens is 347 g/mol. The predicted octanol–water partition coefficient (Wildman–Crippen LogP) is 3.67. The molecule has 0 amide bonds. The van der Waals surface area contributed by atoms with Crippen LogP contribution in [-0.2, 0) is 15.4 Å². The fraction of sp³-hybridized carbons (Fsp3) is 0.455. The van der Waals surface area contributed by atoms with Crippen LogP contribution in [0.25, 0.3) is 0 Å². The number of benzene rings is 1. The molecule has 0 aromatic heterocycles. The van der Waals surface area contributed by atoms with Crippen LogP contribution in [0.2, 0.25) is 0 Å². The zero-order chi connectivity index (χ0) is 14.5. The number of hydrogen-bond donors (Lipinski definition) is 1. The van der Waals surface area contributed by atoms with E-state index in [0.29, 0.717) is 11.0 Å². The summed E-state index contributed by atoms with van der Waals surface area (Å²) in [6, 6.07) is 6.69. The van der Waals surface area contributed by atoms with Crippen molar-refractivity contribution in [3.05, 3.63) is 29.8 Å². The fourth-order valence-corrected chi connectivity index (χ4v) is 3.07. The molecule has 0 saturated heterocycles. The van der Waals surface area contributed by atoms with Gasteiger partial charge in [-0.05, 0) is 18.1 Å². The van der Waals surface area contributed by atoms with E-state index in [1.54, 1.807) is 24.3 Å². The normalized spacial score (nSPS) is 12.4. The summed E-state index contributed by atoms with van der Waals surface area (Å²) in [5, 5.41) is 0.453. The predicted molar refractivity (Wildman–Crippen MR) is 71.8 cm³/mol. The lowest BCUT2D eigenvalue weighted by Crippen LogP contribution is -2.19. The Bertz CT molecular complexity index is 517. The van der Waals surface area contributed by atoms with Crippen molar-refractivity contribution in [2.75, 3.05) is 10.5 Å². The van der Waals surface area contributed by atoms with Gasteiger partial charge in [0.15, 0.2) is 0 Å². The van der Waals surface area contributed by atoms with E-state index in [4.69, 9.17) is 0 Å². The maximum Gasteiger partial charge on any atom is 0.389 e. The molecule has 3 nitrogen and oxygen atoms in total. The lowest BCUT2D eigenvalue weighted by Gasteiger charge is -2.11. The topological polar surface area (TPSA) is 46.2 Å². The molecule has 1 N–H and O–H groups in total. The van der Waals surface area contributed by atoms with Crippen molar-refractivity contribution in [1.29, 1.82) is 0 Å². The van der Waals surface area contributed by atoms with Crippen LogP contribution in [-0.4, -0.2) is 20.3 Å². The summed E-state index contributed by atoms with van der Waals surface area (Å²) in [6.07, 6.45) is -5.88. The second-order valence-electron chi connectivity index (χ2n) is 3.93. The van der Waals surface area contributed by atoms with E-state index in [9.17, 15) is 21.6 Å². The van der Waals surface area contributed by atoms with Crippen molar-refractivity contribution in [2.45, 2.75) is 24.3 Å². The molecule has 0 fully saturated rings. The Hall–Kier alpha value is -0.760. The number of nitrogens with one attached hydrogen (secondary N) is 1. The molecule has 1 rings (SSSR count). The van der Waals surface area contributed by atoms with Crippen molar-refractivity contribution in [3.8, 4) is 0 Å².